The summed E-state index contributed by atoms with van der Waals surface area (Å²) < 4.78 is 0. The first-order chi connectivity index (χ1) is 9.77. The number of benzene rings is 1. The molecule has 1 aliphatic rings. The molecule has 0 saturated carbocycles. The molecule has 1 N–H and O–H groups in total. The van der Waals surface area contributed by atoms with E-state index in [0.717, 1.165) is 18.5 Å². The summed E-state index contributed by atoms with van der Waals surface area (Å²) in [5.74, 6) is 0.304. The van der Waals surface area contributed by atoms with E-state index in [1.165, 1.54) is 0 Å². The zero-order valence-electron chi connectivity index (χ0n) is 11.1. The van der Waals surface area contributed by atoms with Gasteiger partial charge in [-0.25, -0.2) is 0 Å². The summed E-state index contributed by atoms with van der Waals surface area (Å²) in [4.78, 5) is 18.2. The van der Waals surface area contributed by atoms with Gasteiger partial charge in [-0.15, -0.1) is 0 Å². The van der Waals surface area contributed by atoms with Gasteiger partial charge in [0.15, 0.2) is 0 Å². The summed E-state index contributed by atoms with van der Waals surface area (Å²) in [6.45, 7) is 0.713. The molecule has 1 aromatic heterocycles. The third kappa shape index (κ3) is 2.25. The van der Waals surface area contributed by atoms with Crippen LogP contribution in [0.3, 0.4) is 0 Å². The van der Waals surface area contributed by atoms with Crippen LogP contribution in [0.4, 0.5) is 5.69 Å². The van der Waals surface area contributed by atoms with Crippen LogP contribution in [-0.4, -0.2) is 22.5 Å². The monoisotopic (exact) mass is 268 g/mol. The van der Waals surface area contributed by atoms with Crippen LogP contribution in [0.2, 0.25) is 0 Å². The lowest BCUT2D eigenvalue weighted by Crippen LogP contribution is -2.35. The molecule has 4 heteroatoms. The van der Waals surface area contributed by atoms with Crippen LogP contribution in [0.1, 0.15) is 19.3 Å². The predicted molar refractivity (Wildman–Crippen MR) is 77.5 cm³/mol. The number of phenolic OH excluding ortho intramolecular Hbond substituents is 1. The highest BCUT2D eigenvalue weighted by atomic mass is 16.3. The minimum Gasteiger partial charge on any atom is -0.507 e. The van der Waals surface area contributed by atoms with E-state index in [1.807, 2.05) is 24.3 Å². The van der Waals surface area contributed by atoms with Gasteiger partial charge in [0.1, 0.15) is 5.75 Å². The van der Waals surface area contributed by atoms with Gasteiger partial charge in [0.05, 0.1) is 11.4 Å². The fourth-order valence-corrected chi connectivity index (χ4v) is 2.56. The van der Waals surface area contributed by atoms with Crippen molar-refractivity contribution in [3.8, 4) is 17.0 Å². The molecule has 1 aromatic carbocycles. The number of carbonyl (C=O) groups excluding carboxylic acids is 1. The Balaban J connectivity index is 2.09. The van der Waals surface area contributed by atoms with Crippen molar-refractivity contribution in [3.63, 3.8) is 0 Å². The molecular weight excluding hydrogens is 252 g/mol. The largest absolute Gasteiger partial charge is 0.507 e. The molecule has 2 heterocycles. The number of amides is 1. The summed E-state index contributed by atoms with van der Waals surface area (Å²) in [6, 6.07) is 10.8. The van der Waals surface area contributed by atoms with Gasteiger partial charge >= 0.3 is 0 Å². The molecule has 1 fully saturated rings. The number of anilines is 1. The zero-order valence-corrected chi connectivity index (χ0v) is 11.1. The minimum absolute atomic E-state index is 0.126. The van der Waals surface area contributed by atoms with Crippen LogP contribution in [0, 0.1) is 0 Å². The number of hydrogen-bond acceptors (Lipinski definition) is 3. The molecule has 4 nitrogen and oxygen atoms in total. The average molecular weight is 268 g/mol. The van der Waals surface area contributed by atoms with Gasteiger partial charge in [-0.1, -0.05) is 12.1 Å². The maximum absolute atomic E-state index is 12.1. The third-order valence-corrected chi connectivity index (χ3v) is 3.56. The first-order valence-electron chi connectivity index (χ1n) is 6.81. The smallest absolute Gasteiger partial charge is 0.227 e. The predicted octanol–water partition coefficient (Wildman–Crippen LogP) is 2.97. The van der Waals surface area contributed by atoms with E-state index in [4.69, 9.17) is 0 Å². The molecular formula is C16H16N2O2. The second-order valence-electron chi connectivity index (χ2n) is 4.89. The lowest BCUT2D eigenvalue weighted by atomic mass is 10.0. The van der Waals surface area contributed by atoms with Gasteiger partial charge in [-0.2, -0.15) is 0 Å². The molecule has 0 atom stereocenters. The van der Waals surface area contributed by atoms with E-state index in [-0.39, 0.29) is 11.7 Å². The van der Waals surface area contributed by atoms with Gasteiger partial charge in [0.2, 0.25) is 5.91 Å². The van der Waals surface area contributed by atoms with E-state index in [9.17, 15) is 9.90 Å². The summed E-state index contributed by atoms with van der Waals surface area (Å²) in [5.41, 5.74) is 2.08. The molecule has 0 aliphatic carbocycles. The Morgan fingerprint density at radius 1 is 1.10 bits per heavy atom. The maximum atomic E-state index is 12.1. The normalized spacial score (nSPS) is 15.4. The lowest BCUT2D eigenvalue weighted by Gasteiger charge is -2.28. The van der Waals surface area contributed by atoms with Crippen LogP contribution in [0.25, 0.3) is 11.3 Å². The van der Waals surface area contributed by atoms with Gasteiger partial charge in [-0.05, 0) is 37.1 Å². The van der Waals surface area contributed by atoms with E-state index >= 15 is 0 Å². The number of carbonyl (C=O) groups is 1. The molecule has 3 rings (SSSR count). The number of rotatable bonds is 2. The SMILES string of the molecule is O=C1CCCCN1c1cccnc1-c1ccccc1O. The Morgan fingerprint density at radius 2 is 1.95 bits per heavy atom. The van der Waals surface area contributed by atoms with E-state index in [0.29, 0.717) is 24.2 Å². The van der Waals surface area contributed by atoms with Crippen molar-refractivity contribution in [2.45, 2.75) is 19.3 Å². The van der Waals surface area contributed by atoms with Crippen molar-refractivity contribution in [2.75, 3.05) is 11.4 Å². The molecule has 102 valence electrons. The van der Waals surface area contributed by atoms with Crippen LogP contribution in [-0.2, 0) is 4.79 Å². The fourth-order valence-electron chi connectivity index (χ4n) is 2.56. The molecule has 1 saturated heterocycles. The number of aromatic hydroxyl groups is 1. The standard InChI is InChI=1S/C16H16N2O2/c19-14-8-2-1-6-12(14)16-13(7-5-10-17-16)18-11-4-3-9-15(18)20/h1-2,5-8,10,19H,3-4,9,11H2. The zero-order chi connectivity index (χ0) is 13.9. The summed E-state index contributed by atoms with van der Waals surface area (Å²) in [5, 5.41) is 10.0. The average Bonchev–Trinajstić information content (AvgIpc) is 2.48. The van der Waals surface area contributed by atoms with Crippen molar-refractivity contribution in [2.24, 2.45) is 0 Å². The first-order valence-corrected chi connectivity index (χ1v) is 6.81. The number of pyridine rings is 1. The van der Waals surface area contributed by atoms with Crippen molar-refractivity contribution in [3.05, 3.63) is 42.6 Å². The summed E-state index contributed by atoms with van der Waals surface area (Å²) in [7, 11) is 0. The van der Waals surface area contributed by atoms with E-state index < -0.39 is 0 Å². The molecule has 0 radical (unpaired) electrons. The van der Waals surface area contributed by atoms with Gasteiger partial charge in [-0.3, -0.25) is 9.78 Å². The molecule has 1 aliphatic heterocycles. The van der Waals surface area contributed by atoms with Crippen molar-refractivity contribution in [1.29, 1.82) is 0 Å². The molecule has 0 spiro atoms. The topological polar surface area (TPSA) is 53.4 Å². The van der Waals surface area contributed by atoms with Crippen LogP contribution >= 0.6 is 0 Å². The molecule has 0 unspecified atom stereocenters. The van der Waals surface area contributed by atoms with E-state index in [2.05, 4.69) is 4.98 Å². The van der Waals surface area contributed by atoms with Gasteiger partial charge in [0.25, 0.3) is 0 Å². The Kier molecular flexibility index (Phi) is 3.37. The summed E-state index contributed by atoms with van der Waals surface area (Å²) in [6.07, 6.45) is 4.21. The molecule has 1 amide bonds. The van der Waals surface area contributed by atoms with Crippen molar-refractivity contribution < 1.29 is 9.90 Å². The summed E-state index contributed by atoms with van der Waals surface area (Å²) >= 11 is 0. The van der Waals surface area contributed by atoms with Crippen molar-refractivity contribution in [1.82, 2.24) is 4.98 Å². The van der Waals surface area contributed by atoms with Crippen LogP contribution in [0.5, 0.6) is 5.75 Å². The Bertz CT molecular complexity index is 640. The highest BCUT2D eigenvalue weighted by Gasteiger charge is 2.23. The van der Waals surface area contributed by atoms with Crippen molar-refractivity contribution >= 4 is 11.6 Å². The van der Waals surface area contributed by atoms with Crippen LogP contribution in [0.15, 0.2) is 42.6 Å². The second kappa shape index (κ2) is 5.33. The first kappa shape index (κ1) is 12.7. The molecule has 0 bridgehead atoms. The quantitative estimate of drug-likeness (QED) is 0.911. The lowest BCUT2D eigenvalue weighted by molar-refractivity contribution is -0.119. The Labute approximate surface area is 117 Å². The Hall–Kier alpha value is -2.36. The third-order valence-electron chi connectivity index (χ3n) is 3.56. The molecule has 2 aromatic rings. The number of aromatic nitrogens is 1. The Morgan fingerprint density at radius 3 is 2.75 bits per heavy atom. The second-order valence-corrected chi connectivity index (χ2v) is 4.89. The highest BCUT2D eigenvalue weighted by Crippen LogP contribution is 2.35. The molecule has 20 heavy (non-hydrogen) atoms. The number of phenols is 1. The fraction of sp³-hybridized carbons (Fsp3) is 0.250. The van der Waals surface area contributed by atoms with Crippen LogP contribution < -0.4 is 4.90 Å². The highest BCUT2D eigenvalue weighted by molar-refractivity contribution is 5.97. The number of hydrogen-bond donors (Lipinski definition) is 1. The maximum Gasteiger partial charge on any atom is 0.227 e. The van der Waals surface area contributed by atoms with Gasteiger partial charge < -0.3 is 10.0 Å². The number of piperidine rings is 1. The number of para-hydroxylation sites is 1. The van der Waals surface area contributed by atoms with E-state index in [1.54, 1.807) is 23.2 Å². The number of nitrogens with zero attached hydrogens (tertiary/aromatic N) is 2. The van der Waals surface area contributed by atoms with Gasteiger partial charge in [0, 0.05) is 24.7 Å². The minimum atomic E-state index is 0.126.